The Kier molecular flexibility index (Phi) is 4.29. The number of aromatic hydroxyl groups is 1. The van der Waals surface area contributed by atoms with E-state index >= 15 is 0 Å². The van der Waals surface area contributed by atoms with Crippen LogP contribution in [0.5, 0.6) is 5.75 Å². The number of hydrogen-bond donors (Lipinski definition) is 3. The second-order valence-electron chi connectivity index (χ2n) is 4.07. The van der Waals surface area contributed by atoms with Gasteiger partial charge in [0.1, 0.15) is 5.75 Å². The van der Waals surface area contributed by atoms with Crippen LogP contribution >= 0.6 is 15.9 Å². The molecule has 20 heavy (non-hydrogen) atoms. The smallest absolute Gasteiger partial charge is 0.337 e. The molecule has 0 fully saturated rings. The number of halogens is 1. The summed E-state index contributed by atoms with van der Waals surface area (Å²) >= 11 is 3.29. The summed E-state index contributed by atoms with van der Waals surface area (Å²) in [7, 11) is 0. The number of carbonyl (C=O) groups is 2. The summed E-state index contributed by atoms with van der Waals surface area (Å²) in [6.07, 6.45) is 1.29. The van der Waals surface area contributed by atoms with Gasteiger partial charge in [0.15, 0.2) is 0 Å². The monoisotopic (exact) mass is 340 g/mol. The number of amides is 2. The normalized spacial score (nSPS) is 17.8. The van der Waals surface area contributed by atoms with Gasteiger partial charge in [-0.25, -0.2) is 9.59 Å². The van der Waals surface area contributed by atoms with Crippen molar-refractivity contribution in [3.63, 3.8) is 0 Å². The minimum Gasteiger partial charge on any atom is -0.508 e. The second kappa shape index (κ2) is 5.96. The molecule has 0 radical (unpaired) electrons. The van der Waals surface area contributed by atoms with Crippen molar-refractivity contribution in [2.45, 2.75) is 13.0 Å². The number of nitrogens with one attached hydrogen (secondary N) is 2. The number of carbonyl (C=O) groups excluding carboxylic acids is 2. The molecule has 0 unspecified atom stereocenters. The first-order chi connectivity index (χ1) is 9.52. The maximum atomic E-state index is 11.9. The van der Waals surface area contributed by atoms with Crippen molar-refractivity contribution >= 4 is 27.9 Å². The Morgan fingerprint density at radius 1 is 1.50 bits per heavy atom. The first-order valence-corrected chi connectivity index (χ1v) is 6.75. The van der Waals surface area contributed by atoms with Crippen molar-refractivity contribution in [1.29, 1.82) is 0 Å². The molecule has 0 saturated carbocycles. The molecule has 2 amide bonds. The van der Waals surface area contributed by atoms with E-state index in [2.05, 4.69) is 26.6 Å². The van der Waals surface area contributed by atoms with Gasteiger partial charge in [-0.3, -0.25) is 0 Å². The van der Waals surface area contributed by atoms with Crippen LogP contribution in [0.25, 0.3) is 0 Å². The molecule has 0 spiro atoms. The number of hydrogen-bond acceptors (Lipinski definition) is 4. The van der Waals surface area contributed by atoms with Crippen LogP contribution in [0.15, 0.2) is 34.4 Å². The quantitative estimate of drug-likeness (QED) is 0.734. The molecule has 6 nitrogen and oxygen atoms in total. The van der Waals surface area contributed by atoms with Crippen LogP contribution in [0.4, 0.5) is 4.79 Å². The van der Waals surface area contributed by atoms with Gasteiger partial charge in [0, 0.05) is 16.2 Å². The van der Waals surface area contributed by atoms with Crippen molar-refractivity contribution in [2.75, 3.05) is 6.61 Å². The van der Waals surface area contributed by atoms with E-state index in [0.717, 1.165) is 4.47 Å². The van der Waals surface area contributed by atoms with Gasteiger partial charge in [-0.15, -0.1) is 0 Å². The zero-order chi connectivity index (χ0) is 14.7. The van der Waals surface area contributed by atoms with Crippen molar-refractivity contribution in [3.8, 4) is 5.75 Å². The lowest BCUT2D eigenvalue weighted by Gasteiger charge is -2.25. The number of urea groups is 1. The minimum atomic E-state index is -0.764. The molecule has 1 aliphatic heterocycles. The summed E-state index contributed by atoms with van der Waals surface area (Å²) in [5, 5.41) is 14.9. The summed E-state index contributed by atoms with van der Waals surface area (Å²) < 4.78 is 5.67. The fourth-order valence-corrected chi connectivity index (χ4v) is 2.25. The number of rotatable bonds is 3. The Hall–Kier alpha value is -2.02. The van der Waals surface area contributed by atoms with E-state index in [1.165, 1.54) is 12.3 Å². The van der Waals surface area contributed by atoms with Gasteiger partial charge in [0.2, 0.25) is 0 Å². The van der Waals surface area contributed by atoms with Crippen LogP contribution < -0.4 is 10.6 Å². The number of benzene rings is 1. The predicted molar refractivity (Wildman–Crippen MR) is 74.9 cm³/mol. The largest absolute Gasteiger partial charge is 0.508 e. The predicted octanol–water partition coefficient (Wildman–Crippen LogP) is 1.96. The van der Waals surface area contributed by atoms with Crippen LogP contribution in [0.2, 0.25) is 0 Å². The first-order valence-electron chi connectivity index (χ1n) is 5.95. The maximum absolute atomic E-state index is 11.9. The van der Waals surface area contributed by atoms with E-state index in [1.54, 1.807) is 19.1 Å². The molecule has 1 aromatic rings. The van der Waals surface area contributed by atoms with Gasteiger partial charge < -0.3 is 20.5 Å². The van der Waals surface area contributed by atoms with E-state index in [-0.39, 0.29) is 17.9 Å². The van der Waals surface area contributed by atoms with Gasteiger partial charge in [-0.1, -0.05) is 15.9 Å². The van der Waals surface area contributed by atoms with E-state index in [1.807, 2.05) is 0 Å². The highest BCUT2D eigenvalue weighted by Crippen LogP contribution is 2.33. The highest BCUT2D eigenvalue weighted by atomic mass is 79.9. The molecule has 0 saturated heterocycles. The lowest BCUT2D eigenvalue weighted by Crippen LogP contribution is -2.42. The molecule has 3 N–H and O–H groups in total. The van der Waals surface area contributed by atoms with Gasteiger partial charge in [-0.2, -0.15) is 0 Å². The zero-order valence-corrected chi connectivity index (χ0v) is 12.2. The molecule has 0 aliphatic carbocycles. The summed E-state index contributed by atoms with van der Waals surface area (Å²) in [6.45, 7) is 1.92. The fourth-order valence-electron chi connectivity index (χ4n) is 1.87. The van der Waals surface area contributed by atoms with Gasteiger partial charge in [0.25, 0.3) is 0 Å². The van der Waals surface area contributed by atoms with Gasteiger partial charge in [0.05, 0.1) is 18.2 Å². The van der Waals surface area contributed by atoms with Crippen LogP contribution in [-0.2, 0) is 9.53 Å². The summed E-state index contributed by atoms with van der Waals surface area (Å²) in [5.41, 5.74) is 0.633. The Morgan fingerprint density at radius 3 is 2.95 bits per heavy atom. The second-order valence-corrected chi connectivity index (χ2v) is 4.99. The average Bonchev–Trinajstić information content (AvgIpc) is 2.41. The third-order valence-corrected chi connectivity index (χ3v) is 3.25. The summed E-state index contributed by atoms with van der Waals surface area (Å²) in [4.78, 5) is 23.4. The third-order valence-electron chi connectivity index (χ3n) is 2.76. The zero-order valence-electron chi connectivity index (χ0n) is 10.6. The molecule has 106 valence electrons. The molecule has 0 aromatic heterocycles. The van der Waals surface area contributed by atoms with Crippen molar-refractivity contribution in [2.24, 2.45) is 0 Å². The lowest BCUT2D eigenvalue weighted by molar-refractivity contribution is -0.139. The van der Waals surface area contributed by atoms with Crippen LogP contribution in [0, 0.1) is 0 Å². The van der Waals surface area contributed by atoms with Crippen LogP contribution in [0.1, 0.15) is 18.5 Å². The molecule has 1 aliphatic rings. The van der Waals surface area contributed by atoms with E-state index in [4.69, 9.17) is 4.74 Å². The fraction of sp³-hybridized carbons (Fsp3) is 0.231. The van der Waals surface area contributed by atoms with Crippen molar-refractivity contribution in [3.05, 3.63) is 40.0 Å². The van der Waals surface area contributed by atoms with Gasteiger partial charge in [-0.05, 0) is 25.1 Å². The molecular formula is C13H13BrN2O4. The maximum Gasteiger partial charge on any atom is 0.337 e. The number of ether oxygens (including phenoxy) is 1. The number of phenolic OH excluding ortho intramolecular Hbond substituents is 1. The minimum absolute atomic E-state index is 0.0180. The molecule has 0 bridgehead atoms. The molecular weight excluding hydrogens is 328 g/mol. The highest BCUT2D eigenvalue weighted by molar-refractivity contribution is 9.10. The number of phenols is 1. The van der Waals surface area contributed by atoms with Crippen molar-refractivity contribution < 1.29 is 19.4 Å². The average molecular weight is 341 g/mol. The third kappa shape index (κ3) is 2.93. The van der Waals surface area contributed by atoms with E-state index < -0.39 is 18.0 Å². The van der Waals surface area contributed by atoms with E-state index in [9.17, 15) is 14.7 Å². The topological polar surface area (TPSA) is 87.7 Å². The molecule has 1 aromatic carbocycles. The van der Waals surface area contributed by atoms with Crippen molar-refractivity contribution in [1.82, 2.24) is 10.6 Å². The Morgan fingerprint density at radius 2 is 2.25 bits per heavy atom. The molecule has 7 heteroatoms. The Labute approximate surface area is 123 Å². The standard InChI is InChI=1S/C13H13BrN2O4/c1-2-20-12(18)9-6-15-13(19)16-11(9)8-5-7(14)3-4-10(8)17/h3-6,11,17H,2H2,1H3,(H2,15,16,19)/t11-/m0/s1. The summed E-state index contributed by atoms with van der Waals surface area (Å²) in [5.74, 6) is -0.569. The SMILES string of the molecule is CCOC(=O)C1=CNC(=O)N[C@H]1c1cc(Br)ccc1O. The van der Waals surface area contributed by atoms with Crippen LogP contribution in [0.3, 0.4) is 0 Å². The highest BCUT2D eigenvalue weighted by Gasteiger charge is 2.30. The Bertz CT molecular complexity index is 586. The molecule has 1 atom stereocenters. The van der Waals surface area contributed by atoms with E-state index in [0.29, 0.717) is 5.56 Å². The van der Waals surface area contributed by atoms with Gasteiger partial charge >= 0.3 is 12.0 Å². The summed E-state index contributed by atoms with van der Waals surface area (Å²) in [6, 6.07) is 3.56. The lowest BCUT2D eigenvalue weighted by atomic mass is 9.97. The van der Waals surface area contributed by atoms with Crippen LogP contribution in [-0.4, -0.2) is 23.7 Å². The first kappa shape index (κ1) is 14.4. The molecule has 2 rings (SSSR count). The Balaban J connectivity index is 2.42. The molecule has 1 heterocycles. The number of esters is 1.